The molecule has 0 amide bonds. The van der Waals surface area contributed by atoms with Crippen molar-refractivity contribution in [2.24, 2.45) is 0 Å². The summed E-state index contributed by atoms with van der Waals surface area (Å²) in [6, 6.07) is 0. The lowest BCUT2D eigenvalue weighted by Crippen LogP contribution is -2.05. The first-order valence-electron chi connectivity index (χ1n) is 2.94. The lowest BCUT2D eigenvalue weighted by Gasteiger charge is -2.04. The van der Waals surface area contributed by atoms with Crippen LogP contribution in [0, 0.1) is 0 Å². The fraction of sp³-hybridized carbons (Fsp3) is 0.667. The quantitative estimate of drug-likeness (QED) is 0.360. The number of rotatable bonds is 3. The first-order chi connectivity index (χ1) is 4.22. The third-order valence-electron chi connectivity index (χ3n) is 0.996. The normalized spacial score (nSPS) is 12.9. The molecule has 54 valence electrons. The number of hydrogen-bond acceptors (Lipinski definition) is 3. The highest BCUT2D eigenvalue weighted by atomic mass is 32.1. The molecule has 2 nitrogen and oxygen atoms in total. The maximum absolute atomic E-state index is 4.95. The zero-order chi connectivity index (χ0) is 7.28. The van der Waals surface area contributed by atoms with Crippen molar-refractivity contribution in [1.29, 1.82) is 0 Å². The van der Waals surface area contributed by atoms with Crippen LogP contribution < -0.4 is 5.48 Å². The molecular weight excluding hydrogens is 134 g/mol. The van der Waals surface area contributed by atoms with Crippen LogP contribution in [0.15, 0.2) is 10.7 Å². The third kappa shape index (κ3) is 3.43. The standard InChI is InChI=1S/C6H13NOS/c1-4-6(9)5(2)8-7-3/h7,9H,4H2,1-3H3/b6-5+. The average Bonchev–Trinajstić information content (AvgIpc) is 1.87. The van der Waals surface area contributed by atoms with Gasteiger partial charge in [-0.2, -0.15) is 5.48 Å². The lowest BCUT2D eigenvalue weighted by molar-refractivity contribution is 0.126. The molecule has 0 unspecified atom stereocenters. The third-order valence-corrected chi connectivity index (χ3v) is 1.63. The van der Waals surface area contributed by atoms with Gasteiger partial charge in [-0.15, -0.1) is 12.6 Å². The molecule has 1 N–H and O–H groups in total. The maximum atomic E-state index is 4.95. The molecule has 0 aliphatic rings. The van der Waals surface area contributed by atoms with Gasteiger partial charge >= 0.3 is 0 Å². The summed E-state index contributed by atoms with van der Waals surface area (Å²) in [4.78, 5) is 5.92. The summed E-state index contributed by atoms with van der Waals surface area (Å²) in [5, 5.41) is 0. The van der Waals surface area contributed by atoms with Crippen LogP contribution in [0.4, 0.5) is 0 Å². The van der Waals surface area contributed by atoms with Crippen LogP contribution in [0.2, 0.25) is 0 Å². The Bertz CT molecular complexity index is 112. The Morgan fingerprint density at radius 1 is 1.67 bits per heavy atom. The van der Waals surface area contributed by atoms with Crippen molar-refractivity contribution in [1.82, 2.24) is 5.48 Å². The van der Waals surface area contributed by atoms with E-state index in [1.165, 1.54) is 0 Å². The van der Waals surface area contributed by atoms with Gasteiger partial charge in [-0.3, -0.25) is 0 Å². The van der Waals surface area contributed by atoms with Gasteiger partial charge in [0.05, 0.1) is 0 Å². The Morgan fingerprint density at radius 2 is 2.22 bits per heavy atom. The Hall–Kier alpha value is -0.150. The number of nitrogens with one attached hydrogen (secondary N) is 1. The molecular formula is C6H13NOS. The molecule has 0 spiro atoms. The molecule has 0 radical (unpaired) electrons. The summed E-state index contributed by atoms with van der Waals surface area (Å²) in [6.07, 6.45) is 0.913. The lowest BCUT2D eigenvalue weighted by atomic mass is 10.4. The van der Waals surface area contributed by atoms with E-state index in [9.17, 15) is 0 Å². The number of hydroxylamine groups is 1. The van der Waals surface area contributed by atoms with Crippen LogP contribution in [0.3, 0.4) is 0 Å². The molecule has 0 saturated heterocycles. The molecule has 0 aliphatic carbocycles. The van der Waals surface area contributed by atoms with Crippen LogP contribution in [-0.4, -0.2) is 7.05 Å². The van der Waals surface area contributed by atoms with Gasteiger partial charge < -0.3 is 4.84 Å². The van der Waals surface area contributed by atoms with Crippen LogP contribution >= 0.6 is 12.6 Å². The Balaban J connectivity index is 3.78. The highest BCUT2D eigenvalue weighted by molar-refractivity contribution is 7.84. The highest BCUT2D eigenvalue weighted by Gasteiger charge is 1.93. The van der Waals surface area contributed by atoms with Crippen molar-refractivity contribution in [2.75, 3.05) is 7.05 Å². The molecule has 0 saturated carbocycles. The van der Waals surface area contributed by atoms with Crippen molar-refractivity contribution >= 4 is 12.6 Å². The molecule has 3 heteroatoms. The van der Waals surface area contributed by atoms with E-state index < -0.39 is 0 Å². The smallest absolute Gasteiger partial charge is 0.130 e. The monoisotopic (exact) mass is 147 g/mol. The van der Waals surface area contributed by atoms with E-state index in [1.807, 2.05) is 13.8 Å². The minimum atomic E-state index is 0.836. The number of thiol groups is 1. The fourth-order valence-electron chi connectivity index (χ4n) is 0.461. The summed E-state index contributed by atoms with van der Waals surface area (Å²) < 4.78 is 0. The zero-order valence-corrected chi connectivity index (χ0v) is 6.96. The van der Waals surface area contributed by atoms with Gasteiger partial charge in [0.2, 0.25) is 0 Å². The molecule has 0 atom stereocenters. The van der Waals surface area contributed by atoms with Crippen LogP contribution in [0.5, 0.6) is 0 Å². The second-order valence-corrected chi connectivity index (χ2v) is 2.20. The second-order valence-electron chi connectivity index (χ2n) is 1.66. The second kappa shape index (κ2) is 4.70. The Kier molecular flexibility index (Phi) is 4.62. The van der Waals surface area contributed by atoms with Crippen molar-refractivity contribution in [3.05, 3.63) is 10.7 Å². The van der Waals surface area contributed by atoms with Crippen molar-refractivity contribution in [3.63, 3.8) is 0 Å². The first-order valence-corrected chi connectivity index (χ1v) is 3.39. The number of hydrogen-bond donors (Lipinski definition) is 2. The van der Waals surface area contributed by atoms with E-state index in [4.69, 9.17) is 4.84 Å². The van der Waals surface area contributed by atoms with Gasteiger partial charge in [0.25, 0.3) is 0 Å². The molecule has 9 heavy (non-hydrogen) atoms. The fourth-order valence-corrected chi connectivity index (χ4v) is 0.507. The molecule has 0 heterocycles. The van der Waals surface area contributed by atoms with Gasteiger partial charge in [-0.05, 0) is 13.3 Å². The molecule has 0 aliphatic heterocycles. The summed E-state index contributed by atoms with van der Waals surface area (Å²) in [5.41, 5.74) is 2.58. The van der Waals surface area contributed by atoms with Crippen LogP contribution in [0.25, 0.3) is 0 Å². The van der Waals surface area contributed by atoms with E-state index in [2.05, 4.69) is 18.1 Å². The average molecular weight is 147 g/mol. The van der Waals surface area contributed by atoms with Crippen molar-refractivity contribution < 1.29 is 4.84 Å². The van der Waals surface area contributed by atoms with E-state index in [1.54, 1.807) is 7.05 Å². The molecule has 0 fully saturated rings. The first kappa shape index (κ1) is 8.85. The summed E-state index contributed by atoms with van der Waals surface area (Å²) in [5.74, 6) is 0.836. The van der Waals surface area contributed by atoms with Gasteiger partial charge in [0.1, 0.15) is 5.76 Å². The predicted octanol–water partition coefficient (Wildman–Crippen LogP) is 1.71. The minimum Gasteiger partial charge on any atom is -0.413 e. The van der Waals surface area contributed by atoms with E-state index in [0.29, 0.717) is 0 Å². The zero-order valence-electron chi connectivity index (χ0n) is 6.06. The SMILES string of the molecule is CC/C(S)=C(/C)ONC. The Labute approximate surface area is 61.6 Å². The molecule has 0 aromatic rings. The Morgan fingerprint density at radius 3 is 2.56 bits per heavy atom. The minimum absolute atomic E-state index is 0.836. The van der Waals surface area contributed by atoms with E-state index in [-0.39, 0.29) is 0 Å². The van der Waals surface area contributed by atoms with E-state index >= 15 is 0 Å². The maximum Gasteiger partial charge on any atom is 0.130 e. The van der Waals surface area contributed by atoms with Crippen molar-refractivity contribution in [2.45, 2.75) is 20.3 Å². The van der Waals surface area contributed by atoms with Gasteiger partial charge in [0, 0.05) is 12.0 Å². The summed E-state index contributed by atoms with van der Waals surface area (Å²) >= 11 is 4.17. The van der Waals surface area contributed by atoms with Crippen LogP contribution in [-0.2, 0) is 4.84 Å². The summed E-state index contributed by atoms with van der Waals surface area (Å²) in [7, 11) is 1.72. The molecule has 0 rings (SSSR count). The summed E-state index contributed by atoms with van der Waals surface area (Å²) in [6.45, 7) is 3.91. The van der Waals surface area contributed by atoms with Gasteiger partial charge in [-0.1, -0.05) is 6.92 Å². The van der Waals surface area contributed by atoms with Crippen molar-refractivity contribution in [3.8, 4) is 0 Å². The van der Waals surface area contributed by atoms with Crippen LogP contribution in [0.1, 0.15) is 20.3 Å². The van der Waals surface area contributed by atoms with Gasteiger partial charge in [0.15, 0.2) is 0 Å². The largest absolute Gasteiger partial charge is 0.413 e. The molecule has 0 bridgehead atoms. The highest BCUT2D eigenvalue weighted by Crippen LogP contribution is 2.11. The molecule has 0 aromatic heterocycles. The topological polar surface area (TPSA) is 21.3 Å². The molecule has 0 aromatic carbocycles. The van der Waals surface area contributed by atoms with Gasteiger partial charge in [-0.25, -0.2) is 0 Å². The van der Waals surface area contributed by atoms with E-state index in [0.717, 1.165) is 17.1 Å². The predicted molar refractivity (Wildman–Crippen MR) is 42.1 cm³/mol. The number of allylic oxidation sites excluding steroid dienone is 2.